The molecular weight excluding hydrogens is 186 g/mol. The summed E-state index contributed by atoms with van der Waals surface area (Å²) in [4.78, 5) is 4.59. The maximum absolute atomic E-state index is 4.59. The van der Waals surface area contributed by atoms with Crippen LogP contribution in [0.1, 0.15) is 12.6 Å². The quantitative estimate of drug-likeness (QED) is 0.590. The summed E-state index contributed by atoms with van der Waals surface area (Å²) in [6.45, 7) is 5.24. The number of fused-ring (bicyclic) bond motifs is 3. The molecule has 0 atom stereocenters. The average Bonchev–Trinajstić information content (AvgIpc) is 2.72. The van der Waals surface area contributed by atoms with Gasteiger partial charge in [0.15, 0.2) is 5.65 Å². The number of aryl methyl sites for hydroxylation is 2. The molecule has 76 valence electrons. The van der Waals surface area contributed by atoms with Crippen LogP contribution in [0.5, 0.6) is 0 Å². The number of para-hydroxylation sites is 2. The number of benzene rings is 1. The van der Waals surface area contributed by atoms with Crippen molar-refractivity contribution < 1.29 is 0 Å². The first-order chi connectivity index (χ1) is 7.31. The topological polar surface area (TPSA) is 22.2 Å². The number of hydrogen-bond acceptors (Lipinski definition) is 1. The van der Waals surface area contributed by atoms with Crippen molar-refractivity contribution in [3.05, 3.63) is 36.0 Å². The number of rotatable bonds is 1. The summed E-state index contributed by atoms with van der Waals surface area (Å²) in [5.41, 5.74) is 4.54. The molecule has 1 aromatic carbocycles. The van der Waals surface area contributed by atoms with Crippen molar-refractivity contribution in [3.63, 3.8) is 0 Å². The molecule has 0 bridgehead atoms. The van der Waals surface area contributed by atoms with Crippen LogP contribution >= 0.6 is 0 Å². The van der Waals surface area contributed by atoms with Crippen molar-refractivity contribution in [1.29, 1.82) is 0 Å². The first-order valence-electron chi connectivity index (χ1n) is 5.25. The Kier molecular flexibility index (Phi) is 1.63. The molecule has 0 amide bonds. The third kappa shape index (κ3) is 1.03. The minimum atomic E-state index is 0.968. The van der Waals surface area contributed by atoms with Gasteiger partial charge in [-0.15, -0.1) is 0 Å². The lowest BCUT2D eigenvalue weighted by molar-refractivity contribution is 0.612. The lowest BCUT2D eigenvalue weighted by Crippen LogP contribution is -2.04. The summed E-state index contributed by atoms with van der Waals surface area (Å²) >= 11 is 0. The molecule has 15 heavy (non-hydrogen) atoms. The Hall–Kier alpha value is -1.77. The van der Waals surface area contributed by atoms with E-state index in [1.807, 2.05) is 6.07 Å². The number of nitrogens with zero attached hydrogens (tertiary/aromatic N) is 3. The predicted octanol–water partition coefficient (Wildman–Crippen LogP) is 2.62. The van der Waals surface area contributed by atoms with E-state index in [1.165, 1.54) is 11.2 Å². The second-order valence-corrected chi connectivity index (χ2v) is 3.77. The van der Waals surface area contributed by atoms with Crippen LogP contribution in [0.2, 0.25) is 0 Å². The second kappa shape index (κ2) is 2.86. The number of aromatic nitrogens is 3. The molecule has 0 aliphatic heterocycles. The van der Waals surface area contributed by atoms with Crippen molar-refractivity contribution in [3.8, 4) is 0 Å². The normalized spacial score (nSPS) is 11.6. The van der Waals surface area contributed by atoms with Gasteiger partial charge in [0.05, 0.1) is 11.0 Å². The largest absolute Gasteiger partial charge is 0.284 e. The van der Waals surface area contributed by atoms with Crippen LogP contribution in [0.3, 0.4) is 0 Å². The van der Waals surface area contributed by atoms with Crippen molar-refractivity contribution in [2.24, 2.45) is 0 Å². The smallest absolute Gasteiger partial charge is 0.154 e. The third-order valence-corrected chi connectivity index (χ3v) is 2.85. The lowest BCUT2D eigenvalue weighted by atomic mass is 10.3. The summed E-state index contributed by atoms with van der Waals surface area (Å²) in [5, 5.41) is 0. The highest BCUT2D eigenvalue weighted by atomic mass is 15.4. The van der Waals surface area contributed by atoms with E-state index in [9.17, 15) is 0 Å². The van der Waals surface area contributed by atoms with Gasteiger partial charge in [0.1, 0.15) is 0 Å². The van der Waals surface area contributed by atoms with E-state index in [0.29, 0.717) is 0 Å². The van der Waals surface area contributed by atoms with Crippen molar-refractivity contribution in [2.45, 2.75) is 20.4 Å². The van der Waals surface area contributed by atoms with Crippen LogP contribution in [0.15, 0.2) is 30.3 Å². The zero-order valence-electron chi connectivity index (χ0n) is 8.94. The van der Waals surface area contributed by atoms with Gasteiger partial charge in [-0.2, -0.15) is 0 Å². The predicted molar refractivity (Wildman–Crippen MR) is 61.1 cm³/mol. The summed E-state index contributed by atoms with van der Waals surface area (Å²) in [5.74, 6) is 0. The first kappa shape index (κ1) is 8.53. The van der Waals surface area contributed by atoms with E-state index in [4.69, 9.17) is 0 Å². The molecule has 0 unspecified atom stereocenters. The Balaban J connectivity index is 2.55. The minimum absolute atomic E-state index is 0.968. The van der Waals surface area contributed by atoms with E-state index < -0.39 is 0 Å². The first-order valence-corrected chi connectivity index (χ1v) is 5.25. The zero-order valence-corrected chi connectivity index (χ0v) is 8.94. The molecule has 0 spiro atoms. The Bertz CT molecular complexity index is 631. The SMILES string of the molecule is CCn1c(C)cc2nc3ccccc3n21. The minimum Gasteiger partial charge on any atom is -0.284 e. The maximum Gasteiger partial charge on any atom is 0.154 e. The molecule has 3 rings (SSSR count). The zero-order chi connectivity index (χ0) is 10.4. The Morgan fingerprint density at radius 2 is 2.07 bits per heavy atom. The summed E-state index contributed by atoms with van der Waals surface area (Å²) in [7, 11) is 0. The van der Waals surface area contributed by atoms with Crippen LogP contribution < -0.4 is 0 Å². The van der Waals surface area contributed by atoms with E-state index in [1.54, 1.807) is 0 Å². The van der Waals surface area contributed by atoms with Gasteiger partial charge >= 0.3 is 0 Å². The molecule has 3 aromatic rings. The molecule has 0 aliphatic carbocycles. The standard InChI is InChI=1S/C12H13N3/c1-3-14-9(2)8-12-13-10-6-4-5-7-11(10)15(12)14/h4-8H,3H2,1-2H3. The van der Waals surface area contributed by atoms with Crippen molar-refractivity contribution in [2.75, 3.05) is 0 Å². The van der Waals surface area contributed by atoms with Crippen LogP contribution in [0.4, 0.5) is 0 Å². The van der Waals surface area contributed by atoms with E-state index in [0.717, 1.165) is 17.7 Å². The number of imidazole rings is 1. The van der Waals surface area contributed by atoms with Gasteiger partial charge in [0.25, 0.3) is 0 Å². The fourth-order valence-electron chi connectivity index (χ4n) is 2.19. The molecule has 0 saturated heterocycles. The summed E-state index contributed by atoms with van der Waals surface area (Å²) in [6.07, 6.45) is 0. The molecule has 0 fully saturated rings. The van der Waals surface area contributed by atoms with Crippen LogP contribution in [-0.4, -0.2) is 14.2 Å². The van der Waals surface area contributed by atoms with E-state index >= 15 is 0 Å². The molecule has 3 heteroatoms. The van der Waals surface area contributed by atoms with Gasteiger partial charge in [-0.1, -0.05) is 12.1 Å². The van der Waals surface area contributed by atoms with Crippen LogP contribution in [0, 0.1) is 6.92 Å². The van der Waals surface area contributed by atoms with Gasteiger partial charge in [0.2, 0.25) is 0 Å². The highest BCUT2D eigenvalue weighted by Crippen LogP contribution is 2.18. The second-order valence-electron chi connectivity index (χ2n) is 3.77. The van der Waals surface area contributed by atoms with Crippen LogP contribution in [0.25, 0.3) is 16.7 Å². The highest BCUT2D eigenvalue weighted by Gasteiger charge is 2.09. The van der Waals surface area contributed by atoms with Gasteiger partial charge in [-0.3, -0.25) is 4.68 Å². The molecule has 2 heterocycles. The molecule has 0 saturated carbocycles. The summed E-state index contributed by atoms with van der Waals surface area (Å²) < 4.78 is 4.43. The molecule has 0 aliphatic rings. The van der Waals surface area contributed by atoms with Crippen molar-refractivity contribution >= 4 is 16.7 Å². The van der Waals surface area contributed by atoms with Crippen molar-refractivity contribution in [1.82, 2.24) is 14.2 Å². The molecule has 2 aromatic heterocycles. The molecular formula is C12H13N3. The molecule has 0 N–H and O–H groups in total. The van der Waals surface area contributed by atoms with Gasteiger partial charge in [-0.05, 0) is 26.0 Å². The fourth-order valence-corrected chi connectivity index (χ4v) is 2.19. The Morgan fingerprint density at radius 3 is 2.87 bits per heavy atom. The third-order valence-electron chi connectivity index (χ3n) is 2.85. The summed E-state index contributed by atoms with van der Waals surface area (Å²) in [6, 6.07) is 10.4. The monoisotopic (exact) mass is 199 g/mol. The Morgan fingerprint density at radius 1 is 1.27 bits per heavy atom. The van der Waals surface area contributed by atoms with Crippen LogP contribution in [-0.2, 0) is 6.54 Å². The van der Waals surface area contributed by atoms with Gasteiger partial charge in [0, 0.05) is 18.3 Å². The number of hydrogen-bond donors (Lipinski definition) is 0. The van der Waals surface area contributed by atoms with E-state index in [2.05, 4.69) is 52.3 Å². The molecule has 3 nitrogen and oxygen atoms in total. The average molecular weight is 199 g/mol. The van der Waals surface area contributed by atoms with Gasteiger partial charge < -0.3 is 0 Å². The lowest BCUT2D eigenvalue weighted by Gasteiger charge is -2.04. The molecule has 0 radical (unpaired) electrons. The van der Waals surface area contributed by atoms with Gasteiger partial charge in [-0.25, -0.2) is 9.50 Å². The fraction of sp³-hybridized carbons (Fsp3) is 0.250. The van der Waals surface area contributed by atoms with E-state index in [-0.39, 0.29) is 0 Å². The highest BCUT2D eigenvalue weighted by molar-refractivity contribution is 5.80. The maximum atomic E-state index is 4.59. The Labute approximate surface area is 87.9 Å².